The number of anilines is 1. The van der Waals surface area contributed by atoms with Gasteiger partial charge in [0.25, 0.3) is 0 Å². The first-order valence-electron chi connectivity index (χ1n) is 6.68. The van der Waals surface area contributed by atoms with Crippen molar-refractivity contribution in [1.82, 2.24) is 0 Å². The number of benzene rings is 2. The van der Waals surface area contributed by atoms with Crippen molar-refractivity contribution in [3.8, 4) is 5.75 Å². The molecule has 0 fully saturated rings. The monoisotopic (exact) mass is 253 g/mol. The van der Waals surface area contributed by atoms with E-state index in [1.807, 2.05) is 6.07 Å². The number of hydrogen-bond donors (Lipinski definition) is 1. The lowest BCUT2D eigenvalue weighted by atomic mass is 9.97. The molecule has 0 aromatic heterocycles. The topological polar surface area (TPSA) is 21.3 Å². The summed E-state index contributed by atoms with van der Waals surface area (Å²) in [4.78, 5) is 0. The quantitative estimate of drug-likeness (QED) is 0.872. The van der Waals surface area contributed by atoms with E-state index in [4.69, 9.17) is 4.74 Å². The molecule has 0 spiro atoms. The molecular weight excluding hydrogens is 234 g/mol. The van der Waals surface area contributed by atoms with Crippen molar-refractivity contribution in [2.45, 2.75) is 26.3 Å². The van der Waals surface area contributed by atoms with Crippen molar-refractivity contribution in [2.24, 2.45) is 0 Å². The van der Waals surface area contributed by atoms with Gasteiger partial charge < -0.3 is 10.1 Å². The van der Waals surface area contributed by atoms with Crippen LogP contribution >= 0.6 is 0 Å². The lowest BCUT2D eigenvalue weighted by Crippen LogP contribution is -2.07. The lowest BCUT2D eigenvalue weighted by Gasteiger charge is -2.15. The molecule has 1 aliphatic heterocycles. The third-order valence-electron chi connectivity index (χ3n) is 3.88. The van der Waals surface area contributed by atoms with Gasteiger partial charge in [0.2, 0.25) is 0 Å². The lowest BCUT2D eigenvalue weighted by molar-refractivity contribution is 0.414. The van der Waals surface area contributed by atoms with Gasteiger partial charge in [-0.1, -0.05) is 23.8 Å². The highest BCUT2D eigenvalue weighted by atomic mass is 16.5. The van der Waals surface area contributed by atoms with Gasteiger partial charge in [0.1, 0.15) is 5.75 Å². The van der Waals surface area contributed by atoms with Crippen LogP contribution in [-0.2, 0) is 6.42 Å². The van der Waals surface area contributed by atoms with E-state index in [1.165, 1.54) is 27.9 Å². The Hall–Kier alpha value is -1.96. The summed E-state index contributed by atoms with van der Waals surface area (Å²) < 4.78 is 5.30. The summed E-state index contributed by atoms with van der Waals surface area (Å²) in [5, 5.41) is 3.61. The number of fused-ring (bicyclic) bond motifs is 1. The molecular formula is C17H19NO. The molecule has 19 heavy (non-hydrogen) atoms. The largest absolute Gasteiger partial charge is 0.497 e. The number of methoxy groups -OCH3 is 1. The zero-order chi connectivity index (χ0) is 13.4. The first-order valence-corrected chi connectivity index (χ1v) is 6.68. The van der Waals surface area contributed by atoms with Crippen molar-refractivity contribution in [3.05, 3.63) is 58.7 Å². The average molecular weight is 253 g/mol. The van der Waals surface area contributed by atoms with Crippen molar-refractivity contribution in [1.29, 1.82) is 0 Å². The smallest absolute Gasteiger partial charge is 0.119 e. The van der Waals surface area contributed by atoms with E-state index in [0.717, 1.165) is 12.2 Å². The maximum Gasteiger partial charge on any atom is 0.119 e. The van der Waals surface area contributed by atoms with Crippen molar-refractivity contribution < 1.29 is 4.74 Å². The number of hydrogen-bond acceptors (Lipinski definition) is 2. The highest BCUT2D eigenvalue weighted by molar-refractivity contribution is 5.61. The van der Waals surface area contributed by atoms with Crippen molar-refractivity contribution in [3.63, 3.8) is 0 Å². The summed E-state index contributed by atoms with van der Waals surface area (Å²) in [5.41, 5.74) is 6.63. The molecule has 0 aliphatic carbocycles. The van der Waals surface area contributed by atoms with Crippen LogP contribution < -0.4 is 10.1 Å². The summed E-state index contributed by atoms with van der Waals surface area (Å²) in [6.45, 7) is 4.33. The van der Waals surface area contributed by atoms with Crippen molar-refractivity contribution in [2.75, 3.05) is 12.4 Å². The number of nitrogens with one attached hydrogen (secondary N) is 1. The van der Waals surface area contributed by atoms with Gasteiger partial charge in [-0.3, -0.25) is 0 Å². The van der Waals surface area contributed by atoms with Gasteiger partial charge >= 0.3 is 0 Å². The minimum absolute atomic E-state index is 0.377. The summed E-state index contributed by atoms with van der Waals surface area (Å²) in [6, 6.07) is 13.3. The molecule has 0 bridgehead atoms. The van der Waals surface area contributed by atoms with E-state index in [-0.39, 0.29) is 0 Å². The third kappa shape index (κ3) is 2.19. The molecule has 1 heterocycles. The molecule has 0 radical (unpaired) electrons. The fourth-order valence-electron chi connectivity index (χ4n) is 2.79. The highest BCUT2D eigenvalue weighted by Crippen LogP contribution is 2.37. The molecule has 3 rings (SSSR count). The zero-order valence-electron chi connectivity index (χ0n) is 11.7. The summed E-state index contributed by atoms with van der Waals surface area (Å²) in [7, 11) is 1.71. The van der Waals surface area contributed by atoms with E-state index in [2.05, 4.69) is 49.5 Å². The van der Waals surface area contributed by atoms with Crippen LogP contribution in [0.4, 0.5) is 5.69 Å². The van der Waals surface area contributed by atoms with Gasteiger partial charge in [-0.25, -0.2) is 0 Å². The maximum atomic E-state index is 5.30. The summed E-state index contributed by atoms with van der Waals surface area (Å²) in [5.74, 6) is 0.933. The Labute approximate surface area is 114 Å². The van der Waals surface area contributed by atoms with Crippen LogP contribution in [0.2, 0.25) is 0 Å². The molecule has 98 valence electrons. The molecule has 2 heteroatoms. The van der Waals surface area contributed by atoms with Gasteiger partial charge in [-0.15, -0.1) is 0 Å². The predicted octanol–water partition coefficient (Wildman–Crippen LogP) is 4.02. The summed E-state index contributed by atoms with van der Waals surface area (Å²) >= 11 is 0. The minimum Gasteiger partial charge on any atom is -0.497 e. The molecule has 0 saturated heterocycles. The molecule has 1 atom stereocenters. The minimum atomic E-state index is 0.377. The van der Waals surface area contributed by atoms with E-state index in [1.54, 1.807) is 7.11 Å². The number of ether oxygens (including phenoxy) is 1. The second-order valence-electron chi connectivity index (χ2n) is 5.28. The first-order chi connectivity index (χ1) is 9.17. The normalized spacial score (nSPS) is 16.9. The molecule has 2 aromatic carbocycles. The summed E-state index contributed by atoms with van der Waals surface area (Å²) in [6.07, 6.45) is 1.02. The van der Waals surface area contributed by atoms with Crippen LogP contribution in [0.3, 0.4) is 0 Å². The van der Waals surface area contributed by atoms with E-state index in [0.29, 0.717) is 6.04 Å². The standard InChI is InChI=1S/C17H19NO/c1-11-4-5-12(2)15(8-11)17-10-13-9-14(19-3)6-7-16(13)18-17/h4-9,17-18H,10H2,1-3H3. The molecule has 2 aromatic rings. The molecule has 0 amide bonds. The van der Waals surface area contributed by atoms with Crippen LogP contribution in [0.15, 0.2) is 36.4 Å². The molecule has 0 saturated carbocycles. The Bertz CT molecular complexity index is 619. The molecule has 1 N–H and O–H groups in total. The van der Waals surface area contributed by atoms with Crippen LogP contribution in [0.5, 0.6) is 5.75 Å². The van der Waals surface area contributed by atoms with Gasteiger partial charge in [-0.2, -0.15) is 0 Å². The molecule has 1 unspecified atom stereocenters. The maximum absolute atomic E-state index is 5.30. The van der Waals surface area contributed by atoms with E-state index < -0.39 is 0 Å². The Kier molecular flexibility index (Phi) is 2.94. The van der Waals surface area contributed by atoms with Crippen LogP contribution in [-0.4, -0.2) is 7.11 Å². The fourth-order valence-corrected chi connectivity index (χ4v) is 2.79. The fraction of sp³-hybridized carbons (Fsp3) is 0.294. The highest BCUT2D eigenvalue weighted by Gasteiger charge is 2.23. The first kappa shape index (κ1) is 12.1. The van der Waals surface area contributed by atoms with Gasteiger partial charge in [0.05, 0.1) is 13.2 Å². The average Bonchev–Trinajstić information content (AvgIpc) is 2.83. The molecule has 2 nitrogen and oxygen atoms in total. The van der Waals surface area contributed by atoms with E-state index >= 15 is 0 Å². The van der Waals surface area contributed by atoms with Gasteiger partial charge in [0, 0.05) is 5.69 Å². The number of rotatable bonds is 2. The Morgan fingerprint density at radius 1 is 1.11 bits per heavy atom. The Morgan fingerprint density at radius 3 is 2.74 bits per heavy atom. The van der Waals surface area contributed by atoms with E-state index in [9.17, 15) is 0 Å². The van der Waals surface area contributed by atoms with Crippen molar-refractivity contribution >= 4 is 5.69 Å². The predicted molar refractivity (Wildman–Crippen MR) is 79.0 cm³/mol. The van der Waals surface area contributed by atoms with Crippen LogP contribution in [0.25, 0.3) is 0 Å². The second kappa shape index (κ2) is 4.61. The van der Waals surface area contributed by atoms with Crippen LogP contribution in [0.1, 0.15) is 28.3 Å². The van der Waals surface area contributed by atoms with Crippen LogP contribution in [0, 0.1) is 13.8 Å². The molecule has 1 aliphatic rings. The number of aryl methyl sites for hydroxylation is 2. The third-order valence-corrected chi connectivity index (χ3v) is 3.88. The van der Waals surface area contributed by atoms with Gasteiger partial charge in [-0.05, 0) is 55.2 Å². The van der Waals surface area contributed by atoms with Gasteiger partial charge in [0.15, 0.2) is 0 Å². The second-order valence-corrected chi connectivity index (χ2v) is 5.28. The SMILES string of the molecule is COc1ccc2c(c1)CC(c1cc(C)ccc1C)N2. The Morgan fingerprint density at radius 2 is 1.95 bits per heavy atom. The Balaban J connectivity index is 1.93. The zero-order valence-corrected chi connectivity index (χ0v) is 11.7.